The van der Waals surface area contributed by atoms with E-state index in [1.54, 1.807) is 0 Å². The third-order valence-corrected chi connectivity index (χ3v) is 7.32. The summed E-state index contributed by atoms with van der Waals surface area (Å²) >= 11 is 1.49. The SMILES string of the molecule is C[C@@H]1Cc2ccccc2N1C(=O)[C@@H](C)Sc1nnc(N2CCOCC2)n1Cc1ccccc1. The number of morpholine rings is 1. The zero-order valence-electron chi connectivity index (χ0n) is 19.1. The zero-order valence-corrected chi connectivity index (χ0v) is 19.9. The molecule has 1 saturated heterocycles. The molecule has 172 valence electrons. The topological polar surface area (TPSA) is 63.5 Å². The van der Waals surface area contributed by atoms with Crippen LogP contribution in [-0.4, -0.2) is 58.3 Å². The lowest BCUT2D eigenvalue weighted by Crippen LogP contribution is -2.40. The maximum Gasteiger partial charge on any atom is 0.240 e. The normalized spacial score (nSPS) is 18.9. The second-order valence-electron chi connectivity index (χ2n) is 8.60. The highest BCUT2D eigenvalue weighted by molar-refractivity contribution is 8.00. The molecule has 0 bridgehead atoms. The van der Waals surface area contributed by atoms with E-state index >= 15 is 0 Å². The fraction of sp³-hybridized carbons (Fsp3) is 0.400. The molecule has 0 N–H and O–H groups in total. The van der Waals surface area contributed by atoms with Crippen molar-refractivity contribution in [3.8, 4) is 0 Å². The monoisotopic (exact) mass is 463 g/mol. The molecule has 1 aromatic heterocycles. The van der Waals surface area contributed by atoms with Gasteiger partial charge in [0.25, 0.3) is 0 Å². The van der Waals surface area contributed by atoms with Crippen LogP contribution in [0, 0.1) is 0 Å². The number of hydrogen-bond acceptors (Lipinski definition) is 6. The maximum atomic E-state index is 13.5. The summed E-state index contributed by atoms with van der Waals surface area (Å²) in [7, 11) is 0. The van der Waals surface area contributed by atoms with Gasteiger partial charge in [0.15, 0.2) is 5.16 Å². The number of fused-ring (bicyclic) bond motifs is 1. The van der Waals surface area contributed by atoms with Crippen LogP contribution in [-0.2, 0) is 22.5 Å². The zero-order chi connectivity index (χ0) is 22.8. The molecule has 8 heteroatoms. The van der Waals surface area contributed by atoms with E-state index < -0.39 is 0 Å². The van der Waals surface area contributed by atoms with Gasteiger partial charge in [-0.15, -0.1) is 10.2 Å². The molecule has 2 aromatic carbocycles. The molecule has 0 saturated carbocycles. The van der Waals surface area contributed by atoms with Crippen molar-refractivity contribution >= 4 is 29.3 Å². The lowest BCUT2D eigenvalue weighted by atomic mass is 10.1. The van der Waals surface area contributed by atoms with Crippen molar-refractivity contribution < 1.29 is 9.53 Å². The van der Waals surface area contributed by atoms with Gasteiger partial charge in [-0.25, -0.2) is 0 Å². The van der Waals surface area contributed by atoms with Crippen LogP contribution in [0.5, 0.6) is 0 Å². The van der Waals surface area contributed by atoms with Crippen LogP contribution in [0.15, 0.2) is 59.8 Å². The minimum atomic E-state index is -0.283. The molecule has 2 aliphatic rings. The van der Waals surface area contributed by atoms with Gasteiger partial charge < -0.3 is 14.5 Å². The number of anilines is 2. The Kier molecular flexibility index (Phi) is 6.37. The Morgan fingerprint density at radius 2 is 1.82 bits per heavy atom. The third-order valence-electron chi connectivity index (χ3n) is 6.25. The highest BCUT2D eigenvalue weighted by atomic mass is 32.2. The lowest BCUT2D eigenvalue weighted by molar-refractivity contribution is -0.118. The van der Waals surface area contributed by atoms with E-state index in [0.717, 1.165) is 36.3 Å². The van der Waals surface area contributed by atoms with E-state index in [9.17, 15) is 4.79 Å². The second kappa shape index (κ2) is 9.57. The number of aromatic nitrogens is 3. The Labute approximate surface area is 198 Å². The summed E-state index contributed by atoms with van der Waals surface area (Å²) < 4.78 is 7.66. The molecule has 0 spiro atoms. The van der Waals surface area contributed by atoms with Gasteiger partial charge in [0, 0.05) is 24.8 Å². The molecular formula is C25H29N5O2S. The second-order valence-corrected chi connectivity index (χ2v) is 9.91. The van der Waals surface area contributed by atoms with Crippen molar-refractivity contribution in [3.05, 3.63) is 65.7 Å². The molecule has 0 unspecified atom stereocenters. The quantitative estimate of drug-likeness (QED) is 0.521. The van der Waals surface area contributed by atoms with Gasteiger partial charge in [-0.1, -0.05) is 60.3 Å². The van der Waals surface area contributed by atoms with E-state index in [-0.39, 0.29) is 17.2 Å². The Morgan fingerprint density at radius 1 is 1.09 bits per heavy atom. The molecular weight excluding hydrogens is 434 g/mol. The first kappa shape index (κ1) is 22.0. The average Bonchev–Trinajstić information content (AvgIpc) is 3.39. The number of nitrogens with zero attached hydrogens (tertiary/aromatic N) is 5. The van der Waals surface area contributed by atoms with Crippen molar-refractivity contribution in [2.45, 2.75) is 43.3 Å². The van der Waals surface area contributed by atoms with E-state index in [4.69, 9.17) is 4.74 Å². The molecule has 7 nitrogen and oxygen atoms in total. The fourth-order valence-corrected chi connectivity index (χ4v) is 5.47. The molecule has 3 aromatic rings. The number of amides is 1. The van der Waals surface area contributed by atoms with Crippen LogP contribution < -0.4 is 9.80 Å². The summed E-state index contributed by atoms with van der Waals surface area (Å²) in [5, 5.41) is 9.54. The molecule has 5 rings (SSSR count). The highest BCUT2D eigenvalue weighted by Gasteiger charge is 2.34. The van der Waals surface area contributed by atoms with Gasteiger partial charge in [-0.3, -0.25) is 9.36 Å². The largest absolute Gasteiger partial charge is 0.378 e. The summed E-state index contributed by atoms with van der Waals surface area (Å²) in [6, 6.07) is 18.7. The number of ether oxygens (including phenoxy) is 1. The number of para-hydroxylation sites is 1. The van der Waals surface area contributed by atoms with Gasteiger partial charge in [-0.2, -0.15) is 0 Å². The van der Waals surface area contributed by atoms with Gasteiger partial charge >= 0.3 is 0 Å². The van der Waals surface area contributed by atoms with Crippen LogP contribution in [0.3, 0.4) is 0 Å². The van der Waals surface area contributed by atoms with Gasteiger partial charge in [-0.05, 0) is 37.5 Å². The molecule has 1 amide bonds. The molecule has 2 atom stereocenters. The van der Waals surface area contributed by atoms with Gasteiger partial charge in [0.2, 0.25) is 11.9 Å². The van der Waals surface area contributed by atoms with Crippen molar-refractivity contribution in [3.63, 3.8) is 0 Å². The number of carbonyl (C=O) groups is 1. The van der Waals surface area contributed by atoms with E-state index in [0.29, 0.717) is 19.8 Å². The third kappa shape index (κ3) is 4.50. The predicted octanol–water partition coefficient (Wildman–Crippen LogP) is 3.62. The molecule has 0 radical (unpaired) electrons. The van der Waals surface area contributed by atoms with Crippen LogP contribution in [0.4, 0.5) is 11.6 Å². The summed E-state index contributed by atoms with van der Waals surface area (Å²) in [5.41, 5.74) is 3.44. The maximum absolute atomic E-state index is 13.5. The number of carbonyl (C=O) groups excluding carboxylic acids is 1. The van der Waals surface area contributed by atoms with E-state index in [2.05, 4.69) is 44.8 Å². The molecule has 33 heavy (non-hydrogen) atoms. The fourth-order valence-electron chi connectivity index (χ4n) is 4.58. The number of hydrogen-bond donors (Lipinski definition) is 0. The van der Waals surface area contributed by atoms with Crippen LogP contribution in [0.25, 0.3) is 0 Å². The van der Waals surface area contributed by atoms with E-state index in [1.165, 1.54) is 22.9 Å². The summed E-state index contributed by atoms with van der Waals surface area (Å²) in [6.45, 7) is 7.68. The lowest BCUT2D eigenvalue weighted by Gasteiger charge is -2.28. The number of rotatable bonds is 6. The molecule has 3 heterocycles. The van der Waals surface area contributed by atoms with Crippen LogP contribution in [0.2, 0.25) is 0 Å². The van der Waals surface area contributed by atoms with Crippen LogP contribution in [0.1, 0.15) is 25.0 Å². The van der Waals surface area contributed by atoms with Crippen LogP contribution >= 0.6 is 11.8 Å². The summed E-state index contributed by atoms with van der Waals surface area (Å²) in [6.07, 6.45) is 0.894. The first-order valence-electron chi connectivity index (χ1n) is 11.5. The van der Waals surface area contributed by atoms with Crippen molar-refractivity contribution in [2.75, 3.05) is 36.1 Å². The Morgan fingerprint density at radius 3 is 2.61 bits per heavy atom. The summed E-state index contributed by atoms with van der Waals surface area (Å²) in [5.74, 6) is 0.948. The first-order valence-corrected chi connectivity index (χ1v) is 12.4. The van der Waals surface area contributed by atoms with E-state index in [1.807, 2.05) is 48.2 Å². The number of thioether (sulfide) groups is 1. The highest BCUT2D eigenvalue weighted by Crippen LogP contribution is 2.35. The smallest absolute Gasteiger partial charge is 0.240 e. The minimum Gasteiger partial charge on any atom is -0.378 e. The Bertz CT molecular complexity index is 1110. The van der Waals surface area contributed by atoms with Gasteiger partial charge in [0.1, 0.15) is 0 Å². The Hall–Kier alpha value is -2.84. The van der Waals surface area contributed by atoms with Crippen molar-refractivity contribution in [1.29, 1.82) is 0 Å². The predicted molar refractivity (Wildman–Crippen MR) is 131 cm³/mol. The molecule has 0 aliphatic carbocycles. The van der Waals surface area contributed by atoms with Crippen molar-refractivity contribution in [1.82, 2.24) is 14.8 Å². The standard InChI is InChI=1S/C25H29N5O2S/c1-18-16-21-10-6-7-11-22(21)30(18)23(31)19(2)33-25-27-26-24(28-12-14-32-15-13-28)29(25)17-20-8-4-3-5-9-20/h3-11,18-19H,12-17H2,1-2H3/t18-,19-/m1/s1. The average molecular weight is 464 g/mol. The van der Waals surface area contributed by atoms with Gasteiger partial charge in [0.05, 0.1) is 25.0 Å². The first-order chi connectivity index (χ1) is 16.1. The Balaban J connectivity index is 1.40. The molecule has 2 aliphatic heterocycles. The number of benzene rings is 2. The summed E-state index contributed by atoms with van der Waals surface area (Å²) in [4.78, 5) is 17.7. The molecule has 1 fully saturated rings. The van der Waals surface area contributed by atoms with Crippen molar-refractivity contribution in [2.24, 2.45) is 0 Å². The minimum absolute atomic E-state index is 0.111.